The summed E-state index contributed by atoms with van der Waals surface area (Å²) in [7, 11) is -4.37. The van der Waals surface area contributed by atoms with Gasteiger partial charge in [-0.25, -0.2) is 0 Å². The first-order valence-electron chi connectivity index (χ1n) is 3.98. The van der Waals surface area contributed by atoms with E-state index in [0.717, 1.165) is 0 Å². The Labute approximate surface area is 72.1 Å². The molecule has 0 amide bonds. The third kappa shape index (κ3) is 2.42. The van der Waals surface area contributed by atoms with Gasteiger partial charge >= 0.3 is 10.2 Å². The van der Waals surface area contributed by atoms with Crippen LogP contribution < -0.4 is 0 Å². The Morgan fingerprint density at radius 3 is 2.00 bits per heavy atom. The summed E-state index contributed by atoms with van der Waals surface area (Å²) < 4.78 is 38.9. The number of hydrogen-bond donors (Lipinski definition) is 0. The second kappa shape index (κ2) is 3.30. The molecular formula is C7H13FO3S. The first kappa shape index (κ1) is 9.92. The van der Waals surface area contributed by atoms with Gasteiger partial charge < -0.3 is 4.74 Å². The zero-order chi connectivity index (χ0) is 9.35. The molecule has 0 bridgehead atoms. The average Bonchev–Trinajstić information content (AvgIpc) is 1.82. The highest BCUT2D eigenvalue weighted by Crippen LogP contribution is 2.25. The first-order valence-corrected chi connectivity index (χ1v) is 5.43. The van der Waals surface area contributed by atoms with Crippen molar-refractivity contribution in [3.05, 3.63) is 0 Å². The lowest BCUT2D eigenvalue weighted by atomic mass is 10.1. The predicted octanol–water partition coefficient (Wildman–Crippen LogP) is 1.24. The van der Waals surface area contributed by atoms with Crippen molar-refractivity contribution in [3.63, 3.8) is 0 Å². The van der Waals surface area contributed by atoms with E-state index in [0.29, 0.717) is 0 Å². The lowest BCUT2D eigenvalue weighted by molar-refractivity contribution is -0.0280. The Balaban J connectivity index is 2.68. The molecule has 1 aliphatic rings. The van der Waals surface area contributed by atoms with E-state index < -0.39 is 15.5 Å². The van der Waals surface area contributed by atoms with Crippen molar-refractivity contribution in [3.8, 4) is 0 Å². The molecule has 1 rings (SSSR count). The molecule has 0 spiro atoms. The van der Waals surface area contributed by atoms with E-state index in [1.165, 1.54) is 0 Å². The van der Waals surface area contributed by atoms with Crippen LogP contribution in [0.4, 0.5) is 3.89 Å². The largest absolute Gasteiger partial charge is 0.375 e. The van der Waals surface area contributed by atoms with E-state index in [4.69, 9.17) is 4.74 Å². The van der Waals surface area contributed by atoms with Crippen molar-refractivity contribution in [2.45, 2.75) is 44.1 Å². The minimum absolute atomic E-state index is 0.163. The zero-order valence-corrected chi connectivity index (χ0v) is 7.97. The van der Waals surface area contributed by atoms with Crippen molar-refractivity contribution in [1.29, 1.82) is 0 Å². The molecule has 72 valence electrons. The van der Waals surface area contributed by atoms with Crippen LogP contribution >= 0.6 is 0 Å². The van der Waals surface area contributed by atoms with Crippen molar-refractivity contribution in [1.82, 2.24) is 0 Å². The zero-order valence-electron chi connectivity index (χ0n) is 7.16. The molecule has 1 saturated heterocycles. The van der Waals surface area contributed by atoms with Gasteiger partial charge in [-0.2, -0.15) is 8.42 Å². The van der Waals surface area contributed by atoms with Crippen LogP contribution in [-0.4, -0.2) is 25.9 Å². The number of hydrogen-bond acceptors (Lipinski definition) is 3. The standard InChI is InChI=1S/C7H13FO3S/c1-5-3-7(12(8,9)10)4-6(2)11-5/h5-7H,3-4H2,1-2H3/t5-,6+,7?. The van der Waals surface area contributed by atoms with Gasteiger partial charge in [-0.05, 0) is 26.7 Å². The van der Waals surface area contributed by atoms with Gasteiger partial charge in [-0.1, -0.05) is 0 Å². The second-order valence-electron chi connectivity index (χ2n) is 3.33. The highest BCUT2D eigenvalue weighted by molar-refractivity contribution is 7.87. The molecule has 5 heteroatoms. The van der Waals surface area contributed by atoms with Gasteiger partial charge in [0.05, 0.1) is 17.5 Å². The van der Waals surface area contributed by atoms with Gasteiger partial charge in [-0.15, -0.1) is 3.89 Å². The van der Waals surface area contributed by atoms with Crippen molar-refractivity contribution in [2.24, 2.45) is 0 Å². The maximum atomic E-state index is 12.5. The highest BCUT2D eigenvalue weighted by Gasteiger charge is 2.33. The molecule has 3 atom stereocenters. The fraction of sp³-hybridized carbons (Fsp3) is 1.00. The topological polar surface area (TPSA) is 43.4 Å². The molecule has 0 aromatic rings. The van der Waals surface area contributed by atoms with Crippen LogP contribution in [0.3, 0.4) is 0 Å². The van der Waals surface area contributed by atoms with Crippen LogP contribution in [0.1, 0.15) is 26.7 Å². The van der Waals surface area contributed by atoms with Gasteiger partial charge in [0.2, 0.25) is 0 Å². The molecule has 1 heterocycles. The minimum Gasteiger partial charge on any atom is -0.375 e. The van der Waals surface area contributed by atoms with Gasteiger partial charge in [0.15, 0.2) is 0 Å². The van der Waals surface area contributed by atoms with E-state index >= 15 is 0 Å². The van der Waals surface area contributed by atoms with Crippen molar-refractivity contribution < 1.29 is 17.0 Å². The van der Waals surface area contributed by atoms with Crippen LogP contribution in [0.2, 0.25) is 0 Å². The predicted molar refractivity (Wildman–Crippen MR) is 43.1 cm³/mol. The Hall–Kier alpha value is -0.160. The third-order valence-corrected chi connectivity index (χ3v) is 3.23. The molecule has 0 N–H and O–H groups in total. The van der Waals surface area contributed by atoms with E-state index in [9.17, 15) is 12.3 Å². The molecule has 0 aliphatic carbocycles. The monoisotopic (exact) mass is 196 g/mol. The lowest BCUT2D eigenvalue weighted by Gasteiger charge is -2.29. The number of ether oxygens (including phenoxy) is 1. The Morgan fingerprint density at radius 1 is 1.25 bits per heavy atom. The summed E-state index contributed by atoms with van der Waals surface area (Å²) in [4.78, 5) is 0. The summed E-state index contributed by atoms with van der Waals surface area (Å²) in [6, 6.07) is 0. The first-order chi connectivity index (χ1) is 5.39. The summed E-state index contributed by atoms with van der Waals surface area (Å²) in [5.41, 5.74) is 0. The van der Waals surface area contributed by atoms with E-state index in [-0.39, 0.29) is 25.0 Å². The molecule has 3 nitrogen and oxygen atoms in total. The SMILES string of the molecule is C[C@@H]1CC(S(=O)(=O)F)C[C@H](C)O1. The molecule has 12 heavy (non-hydrogen) atoms. The van der Waals surface area contributed by atoms with Crippen molar-refractivity contribution >= 4 is 10.2 Å². The van der Waals surface area contributed by atoms with Crippen LogP contribution in [0.5, 0.6) is 0 Å². The second-order valence-corrected chi connectivity index (χ2v) is 4.94. The molecule has 1 unspecified atom stereocenters. The summed E-state index contributed by atoms with van der Waals surface area (Å²) in [6.45, 7) is 3.52. The van der Waals surface area contributed by atoms with Gasteiger partial charge in [0.25, 0.3) is 0 Å². The van der Waals surface area contributed by atoms with Crippen molar-refractivity contribution in [2.75, 3.05) is 0 Å². The van der Waals surface area contributed by atoms with E-state index in [1.807, 2.05) is 0 Å². The molecule has 0 aromatic carbocycles. The van der Waals surface area contributed by atoms with Gasteiger partial charge in [0, 0.05) is 0 Å². The fourth-order valence-corrected chi connectivity index (χ4v) is 2.58. The highest BCUT2D eigenvalue weighted by atomic mass is 32.3. The lowest BCUT2D eigenvalue weighted by Crippen LogP contribution is -2.35. The maximum Gasteiger partial charge on any atom is 0.305 e. The number of rotatable bonds is 1. The molecule has 0 saturated carbocycles. The van der Waals surface area contributed by atoms with Gasteiger partial charge in [0.1, 0.15) is 0 Å². The molecule has 0 radical (unpaired) electrons. The summed E-state index contributed by atoms with van der Waals surface area (Å²) >= 11 is 0. The Morgan fingerprint density at radius 2 is 1.67 bits per heavy atom. The number of halogens is 1. The van der Waals surface area contributed by atoms with Crippen LogP contribution in [0.15, 0.2) is 0 Å². The van der Waals surface area contributed by atoms with E-state index in [1.54, 1.807) is 13.8 Å². The molecule has 0 aromatic heterocycles. The van der Waals surface area contributed by atoms with Crippen LogP contribution in [-0.2, 0) is 15.0 Å². The van der Waals surface area contributed by atoms with Crippen LogP contribution in [0, 0.1) is 0 Å². The van der Waals surface area contributed by atoms with Gasteiger partial charge in [-0.3, -0.25) is 0 Å². The molecule has 1 fully saturated rings. The minimum atomic E-state index is -4.37. The quantitative estimate of drug-likeness (QED) is 0.593. The molecule has 1 aliphatic heterocycles. The van der Waals surface area contributed by atoms with Crippen LogP contribution in [0.25, 0.3) is 0 Å². The summed E-state index contributed by atoms with van der Waals surface area (Å²) in [6.07, 6.45) is 0.209. The Kier molecular flexibility index (Phi) is 2.73. The molecular weight excluding hydrogens is 183 g/mol. The average molecular weight is 196 g/mol. The fourth-order valence-electron chi connectivity index (χ4n) is 1.57. The summed E-state index contributed by atoms with van der Waals surface area (Å²) in [5, 5.41) is -0.865. The normalized spacial score (nSPS) is 38.1. The van der Waals surface area contributed by atoms with E-state index in [2.05, 4.69) is 0 Å². The smallest absolute Gasteiger partial charge is 0.305 e. The summed E-state index contributed by atoms with van der Waals surface area (Å²) in [5.74, 6) is 0. The third-order valence-electron chi connectivity index (χ3n) is 2.05. The Bertz CT molecular complexity index is 239. The maximum absolute atomic E-state index is 12.5.